The molecule has 1 aliphatic heterocycles. The van der Waals surface area contributed by atoms with Crippen molar-refractivity contribution >= 4 is 5.91 Å². The fourth-order valence-corrected chi connectivity index (χ4v) is 2.81. The van der Waals surface area contributed by atoms with Crippen molar-refractivity contribution in [3.05, 3.63) is 35.9 Å². The van der Waals surface area contributed by atoms with Crippen LogP contribution in [0, 0.1) is 0 Å². The van der Waals surface area contributed by atoms with E-state index in [1.165, 1.54) is 5.56 Å². The normalized spacial score (nSPS) is 16.9. The molecule has 0 bridgehead atoms. The Hall–Kier alpha value is -1.43. The van der Waals surface area contributed by atoms with E-state index in [1.807, 2.05) is 18.2 Å². The Labute approximate surface area is 138 Å². The Morgan fingerprint density at radius 2 is 1.96 bits per heavy atom. The molecule has 1 saturated heterocycles. The molecule has 0 saturated carbocycles. The number of methoxy groups -OCH3 is 1. The van der Waals surface area contributed by atoms with E-state index in [-0.39, 0.29) is 5.91 Å². The molecule has 0 radical (unpaired) electrons. The molecule has 0 unspecified atom stereocenters. The van der Waals surface area contributed by atoms with Crippen molar-refractivity contribution in [3.8, 4) is 0 Å². The third-order valence-corrected chi connectivity index (χ3v) is 4.33. The fourth-order valence-electron chi connectivity index (χ4n) is 2.81. The SMILES string of the molecule is COC1(C(=O)NCCCCOCc2ccccc2)CCNCC1. The Balaban J connectivity index is 1.55. The van der Waals surface area contributed by atoms with Gasteiger partial charge in [-0.3, -0.25) is 4.79 Å². The first-order valence-corrected chi connectivity index (χ1v) is 8.43. The molecule has 128 valence electrons. The lowest BCUT2D eigenvalue weighted by atomic mass is 9.91. The maximum absolute atomic E-state index is 12.3. The molecule has 1 heterocycles. The van der Waals surface area contributed by atoms with Gasteiger partial charge in [-0.2, -0.15) is 0 Å². The van der Waals surface area contributed by atoms with Crippen LogP contribution in [0.2, 0.25) is 0 Å². The maximum atomic E-state index is 12.3. The van der Waals surface area contributed by atoms with Crippen LogP contribution in [-0.2, 0) is 20.9 Å². The van der Waals surface area contributed by atoms with Crippen molar-refractivity contribution in [2.24, 2.45) is 0 Å². The van der Waals surface area contributed by atoms with Crippen molar-refractivity contribution in [1.29, 1.82) is 0 Å². The number of unbranched alkanes of at least 4 members (excludes halogenated alkanes) is 1. The van der Waals surface area contributed by atoms with Crippen LogP contribution in [-0.4, -0.2) is 44.9 Å². The molecular formula is C18H28N2O3. The lowest BCUT2D eigenvalue weighted by Gasteiger charge is -2.34. The Morgan fingerprint density at radius 1 is 1.22 bits per heavy atom. The van der Waals surface area contributed by atoms with Gasteiger partial charge in [-0.25, -0.2) is 0 Å². The second-order valence-corrected chi connectivity index (χ2v) is 5.95. The van der Waals surface area contributed by atoms with Gasteiger partial charge >= 0.3 is 0 Å². The molecule has 1 aromatic carbocycles. The first kappa shape index (κ1) is 17.9. The summed E-state index contributed by atoms with van der Waals surface area (Å²) < 4.78 is 11.1. The Bertz CT molecular complexity index is 459. The molecule has 1 aromatic rings. The number of nitrogens with one attached hydrogen (secondary N) is 2. The molecular weight excluding hydrogens is 292 g/mol. The van der Waals surface area contributed by atoms with Gasteiger partial charge in [-0.05, 0) is 44.3 Å². The first-order chi connectivity index (χ1) is 11.3. The summed E-state index contributed by atoms with van der Waals surface area (Å²) in [5, 5.41) is 6.26. The minimum atomic E-state index is -0.644. The van der Waals surface area contributed by atoms with Crippen LogP contribution in [0.5, 0.6) is 0 Å². The summed E-state index contributed by atoms with van der Waals surface area (Å²) in [7, 11) is 1.63. The second-order valence-electron chi connectivity index (χ2n) is 5.95. The lowest BCUT2D eigenvalue weighted by Crippen LogP contribution is -2.54. The van der Waals surface area contributed by atoms with Gasteiger partial charge < -0.3 is 20.1 Å². The van der Waals surface area contributed by atoms with Crippen molar-refractivity contribution < 1.29 is 14.3 Å². The van der Waals surface area contributed by atoms with Gasteiger partial charge in [0, 0.05) is 20.3 Å². The highest BCUT2D eigenvalue weighted by Crippen LogP contribution is 2.22. The van der Waals surface area contributed by atoms with Gasteiger partial charge in [-0.1, -0.05) is 30.3 Å². The number of piperidine rings is 1. The van der Waals surface area contributed by atoms with E-state index >= 15 is 0 Å². The van der Waals surface area contributed by atoms with Crippen LogP contribution >= 0.6 is 0 Å². The molecule has 5 nitrogen and oxygen atoms in total. The monoisotopic (exact) mass is 320 g/mol. The zero-order valence-corrected chi connectivity index (χ0v) is 14.0. The van der Waals surface area contributed by atoms with E-state index in [4.69, 9.17) is 9.47 Å². The molecule has 2 rings (SSSR count). The van der Waals surface area contributed by atoms with Crippen molar-refractivity contribution in [2.45, 2.75) is 37.9 Å². The quantitative estimate of drug-likeness (QED) is 0.682. The highest BCUT2D eigenvalue weighted by molar-refractivity contribution is 5.85. The summed E-state index contributed by atoms with van der Waals surface area (Å²) in [5.41, 5.74) is 0.545. The number of carbonyl (C=O) groups is 1. The van der Waals surface area contributed by atoms with Crippen LogP contribution in [0.3, 0.4) is 0 Å². The number of ether oxygens (including phenoxy) is 2. The zero-order chi connectivity index (χ0) is 16.4. The molecule has 1 amide bonds. The average molecular weight is 320 g/mol. The molecule has 0 aromatic heterocycles. The van der Waals surface area contributed by atoms with E-state index < -0.39 is 5.60 Å². The van der Waals surface area contributed by atoms with E-state index in [2.05, 4.69) is 22.8 Å². The maximum Gasteiger partial charge on any atom is 0.252 e. The average Bonchev–Trinajstić information content (AvgIpc) is 2.62. The van der Waals surface area contributed by atoms with Gasteiger partial charge in [0.25, 0.3) is 5.91 Å². The molecule has 0 atom stereocenters. The van der Waals surface area contributed by atoms with E-state index in [0.29, 0.717) is 19.8 Å². The van der Waals surface area contributed by atoms with Crippen LogP contribution in [0.1, 0.15) is 31.2 Å². The third kappa shape index (κ3) is 5.61. The van der Waals surface area contributed by atoms with E-state index in [1.54, 1.807) is 7.11 Å². The highest BCUT2D eigenvalue weighted by atomic mass is 16.5. The van der Waals surface area contributed by atoms with Gasteiger partial charge in [0.15, 0.2) is 0 Å². The summed E-state index contributed by atoms with van der Waals surface area (Å²) in [6.07, 6.45) is 3.32. The summed E-state index contributed by atoms with van der Waals surface area (Å²) in [6.45, 7) is 3.69. The van der Waals surface area contributed by atoms with Gasteiger partial charge in [0.1, 0.15) is 5.60 Å². The lowest BCUT2D eigenvalue weighted by molar-refractivity contribution is -0.146. The molecule has 2 N–H and O–H groups in total. The minimum Gasteiger partial charge on any atom is -0.377 e. The first-order valence-electron chi connectivity index (χ1n) is 8.43. The van der Waals surface area contributed by atoms with Crippen molar-refractivity contribution in [3.63, 3.8) is 0 Å². The highest BCUT2D eigenvalue weighted by Gasteiger charge is 2.39. The topological polar surface area (TPSA) is 59.6 Å². The fraction of sp³-hybridized carbons (Fsp3) is 0.611. The predicted molar refractivity (Wildman–Crippen MR) is 90.2 cm³/mol. The van der Waals surface area contributed by atoms with Crippen LogP contribution < -0.4 is 10.6 Å². The number of hydrogen-bond acceptors (Lipinski definition) is 4. The predicted octanol–water partition coefficient (Wildman–Crippen LogP) is 1.87. The molecule has 0 aliphatic carbocycles. The van der Waals surface area contributed by atoms with Crippen molar-refractivity contribution in [1.82, 2.24) is 10.6 Å². The third-order valence-electron chi connectivity index (χ3n) is 4.33. The Kier molecular flexibility index (Phi) is 7.52. The van der Waals surface area contributed by atoms with Crippen LogP contribution in [0.25, 0.3) is 0 Å². The van der Waals surface area contributed by atoms with Crippen molar-refractivity contribution in [2.75, 3.05) is 33.4 Å². The van der Waals surface area contributed by atoms with Crippen LogP contribution in [0.4, 0.5) is 0 Å². The number of rotatable bonds is 9. The minimum absolute atomic E-state index is 0.0201. The van der Waals surface area contributed by atoms with Crippen LogP contribution in [0.15, 0.2) is 30.3 Å². The summed E-state index contributed by atoms with van der Waals surface area (Å²) in [4.78, 5) is 12.3. The summed E-state index contributed by atoms with van der Waals surface area (Å²) >= 11 is 0. The number of benzene rings is 1. The molecule has 5 heteroatoms. The standard InChI is InChI=1S/C18H28N2O3/c1-22-18(9-12-19-13-10-18)17(21)20-11-5-6-14-23-15-16-7-3-2-4-8-16/h2-4,7-8,19H,5-6,9-15H2,1H3,(H,20,21). The van der Waals surface area contributed by atoms with Gasteiger partial charge in [0.2, 0.25) is 0 Å². The summed E-state index contributed by atoms with van der Waals surface area (Å²) in [6, 6.07) is 10.1. The molecule has 0 spiro atoms. The summed E-state index contributed by atoms with van der Waals surface area (Å²) in [5.74, 6) is 0.0201. The molecule has 1 aliphatic rings. The van der Waals surface area contributed by atoms with E-state index in [0.717, 1.165) is 38.8 Å². The zero-order valence-electron chi connectivity index (χ0n) is 14.0. The van der Waals surface area contributed by atoms with E-state index in [9.17, 15) is 4.79 Å². The molecule has 1 fully saturated rings. The smallest absolute Gasteiger partial charge is 0.252 e. The van der Waals surface area contributed by atoms with Gasteiger partial charge in [0.05, 0.1) is 6.61 Å². The number of hydrogen-bond donors (Lipinski definition) is 2. The van der Waals surface area contributed by atoms with Gasteiger partial charge in [-0.15, -0.1) is 0 Å². The number of carbonyl (C=O) groups excluding carboxylic acids is 1. The molecule has 23 heavy (non-hydrogen) atoms. The second kappa shape index (κ2) is 9.65. The largest absolute Gasteiger partial charge is 0.377 e. The number of amides is 1. The Morgan fingerprint density at radius 3 is 2.65 bits per heavy atom.